The van der Waals surface area contributed by atoms with Gasteiger partial charge in [0.05, 0.1) is 4.47 Å². The zero-order valence-electron chi connectivity index (χ0n) is 9.32. The number of hydrogen-bond donors (Lipinski definition) is 2. The van der Waals surface area contributed by atoms with Gasteiger partial charge >= 0.3 is 0 Å². The van der Waals surface area contributed by atoms with Crippen LogP contribution in [0.15, 0.2) is 16.6 Å². The van der Waals surface area contributed by atoms with Crippen molar-refractivity contribution < 1.29 is 4.39 Å². The average molecular weight is 287 g/mol. The standard InChI is InChI=1S/C12H16BrFN2/c1-8-6-11(14)10(13)7-12(8)16-9-2-4-15-5-3-9/h6-7,9,15-16H,2-5H2,1H3. The average Bonchev–Trinajstić information content (AvgIpc) is 2.27. The second-order valence-electron chi connectivity index (χ2n) is 4.25. The molecule has 0 amide bonds. The van der Waals surface area contributed by atoms with Crippen LogP contribution in [0.3, 0.4) is 0 Å². The Kier molecular flexibility index (Phi) is 3.82. The molecule has 2 rings (SSSR count). The lowest BCUT2D eigenvalue weighted by Gasteiger charge is -2.25. The van der Waals surface area contributed by atoms with Crippen molar-refractivity contribution in [2.45, 2.75) is 25.8 Å². The summed E-state index contributed by atoms with van der Waals surface area (Å²) in [6, 6.07) is 3.89. The third kappa shape index (κ3) is 2.74. The van der Waals surface area contributed by atoms with Gasteiger partial charge in [-0.25, -0.2) is 4.39 Å². The fraction of sp³-hybridized carbons (Fsp3) is 0.500. The molecule has 2 nitrogen and oxygen atoms in total. The summed E-state index contributed by atoms with van der Waals surface area (Å²) in [5.74, 6) is -0.201. The van der Waals surface area contributed by atoms with Crippen LogP contribution in [0.5, 0.6) is 0 Å². The SMILES string of the molecule is Cc1cc(F)c(Br)cc1NC1CCNCC1. The van der Waals surface area contributed by atoms with Crippen molar-refractivity contribution >= 4 is 21.6 Å². The summed E-state index contributed by atoms with van der Waals surface area (Å²) in [5.41, 5.74) is 1.99. The summed E-state index contributed by atoms with van der Waals surface area (Å²) in [5, 5.41) is 6.81. The Bertz CT molecular complexity index is 376. The lowest BCUT2D eigenvalue weighted by atomic mass is 10.1. The van der Waals surface area contributed by atoms with E-state index >= 15 is 0 Å². The van der Waals surface area contributed by atoms with E-state index in [1.807, 2.05) is 13.0 Å². The molecule has 0 aromatic heterocycles. The minimum Gasteiger partial charge on any atom is -0.382 e. The van der Waals surface area contributed by atoms with Gasteiger partial charge in [0.2, 0.25) is 0 Å². The second-order valence-corrected chi connectivity index (χ2v) is 5.10. The maximum Gasteiger partial charge on any atom is 0.137 e. The number of piperidine rings is 1. The molecule has 0 aliphatic carbocycles. The van der Waals surface area contributed by atoms with Crippen LogP contribution in [0.25, 0.3) is 0 Å². The molecule has 88 valence electrons. The lowest BCUT2D eigenvalue weighted by molar-refractivity contribution is 0.479. The van der Waals surface area contributed by atoms with Crippen molar-refractivity contribution in [1.29, 1.82) is 0 Å². The van der Waals surface area contributed by atoms with Crippen LogP contribution in [0, 0.1) is 12.7 Å². The maximum atomic E-state index is 13.3. The summed E-state index contributed by atoms with van der Waals surface area (Å²) >= 11 is 3.22. The Hall–Kier alpha value is -0.610. The molecule has 2 N–H and O–H groups in total. The molecule has 1 aromatic rings. The summed E-state index contributed by atoms with van der Waals surface area (Å²) in [7, 11) is 0. The quantitative estimate of drug-likeness (QED) is 0.873. The van der Waals surface area contributed by atoms with Gasteiger partial charge in [-0.3, -0.25) is 0 Å². The first-order valence-corrected chi connectivity index (χ1v) is 6.39. The van der Waals surface area contributed by atoms with E-state index in [0.717, 1.165) is 37.2 Å². The predicted molar refractivity (Wildman–Crippen MR) is 68.4 cm³/mol. The molecule has 0 saturated carbocycles. The molecule has 1 aliphatic heterocycles. The number of rotatable bonds is 2. The van der Waals surface area contributed by atoms with E-state index in [0.29, 0.717) is 10.5 Å². The normalized spacial score (nSPS) is 17.4. The third-order valence-electron chi connectivity index (χ3n) is 2.97. The van der Waals surface area contributed by atoms with E-state index in [1.165, 1.54) is 0 Å². The highest BCUT2D eigenvalue weighted by Crippen LogP contribution is 2.25. The van der Waals surface area contributed by atoms with Crippen LogP contribution in [0.4, 0.5) is 10.1 Å². The van der Waals surface area contributed by atoms with Crippen LogP contribution < -0.4 is 10.6 Å². The maximum absolute atomic E-state index is 13.3. The minimum absolute atomic E-state index is 0.201. The molecule has 0 spiro atoms. The third-order valence-corrected chi connectivity index (χ3v) is 3.57. The van der Waals surface area contributed by atoms with Gasteiger partial charge in [-0.15, -0.1) is 0 Å². The van der Waals surface area contributed by atoms with Crippen LogP contribution in [-0.4, -0.2) is 19.1 Å². The van der Waals surface area contributed by atoms with E-state index in [-0.39, 0.29) is 5.82 Å². The Balaban J connectivity index is 2.11. The van der Waals surface area contributed by atoms with Gasteiger partial charge in [0.25, 0.3) is 0 Å². The fourth-order valence-electron chi connectivity index (χ4n) is 1.99. The Morgan fingerprint density at radius 2 is 2.06 bits per heavy atom. The molecular weight excluding hydrogens is 271 g/mol. The van der Waals surface area contributed by atoms with Crippen LogP contribution in [-0.2, 0) is 0 Å². The fourth-order valence-corrected chi connectivity index (χ4v) is 2.33. The highest BCUT2D eigenvalue weighted by Gasteiger charge is 2.14. The van der Waals surface area contributed by atoms with Crippen molar-refractivity contribution in [2.75, 3.05) is 18.4 Å². The Morgan fingerprint density at radius 3 is 2.75 bits per heavy atom. The van der Waals surface area contributed by atoms with Crippen LogP contribution in [0.1, 0.15) is 18.4 Å². The van der Waals surface area contributed by atoms with E-state index in [2.05, 4.69) is 26.6 Å². The summed E-state index contributed by atoms with van der Waals surface area (Å²) in [6.45, 7) is 4.04. The molecular formula is C12H16BrFN2. The monoisotopic (exact) mass is 286 g/mol. The first-order chi connectivity index (χ1) is 7.66. The van der Waals surface area contributed by atoms with Crippen molar-refractivity contribution in [2.24, 2.45) is 0 Å². The zero-order chi connectivity index (χ0) is 11.5. The topological polar surface area (TPSA) is 24.1 Å². The van der Waals surface area contributed by atoms with Gasteiger partial charge < -0.3 is 10.6 Å². The van der Waals surface area contributed by atoms with E-state index in [1.54, 1.807) is 6.07 Å². The number of benzene rings is 1. The minimum atomic E-state index is -0.201. The van der Waals surface area contributed by atoms with E-state index < -0.39 is 0 Å². The predicted octanol–water partition coefficient (Wildman–Crippen LogP) is 3.06. The molecule has 4 heteroatoms. The van der Waals surface area contributed by atoms with Gasteiger partial charge in [-0.1, -0.05) is 0 Å². The van der Waals surface area contributed by atoms with Gasteiger partial charge in [0.15, 0.2) is 0 Å². The van der Waals surface area contributed by atoms with Gasteiger partial charge in [-0.2, -0.15) is 0 Å². The smallest absolute Gasteiger partial charge is 0.137 e. The Labute approximate surface area is 104 Å². The summed E-state index contributed by atoms with van der Waals surface area (Å²) < 4.78 is 13.8. The van der Waals surface area contributed by atoms with Gasteiger partial charge in [0, 0.05) is 11.7 Å². The number of anilines is 1. The molecule has 0 radical (unpaired) electrons. The Morgan fingerprint density at radius 1 is 1.38 bits per heavy atom. The first-order valence-electron chi connectivity index (χ1n) is 5.59. The second kappa shape index (κ2) is 5.15. The summed E-state index contributed by atoms with van der Waals surface area (Å²) in [6.07, 6.45) is 2.24. The van der Waals surface area contributed by atoms with Gasteiger partial charge in [-0.05, 0) is 66.5 Å². The zero-order valence-corrected chi connectivity index (χ0v) is 10.9. The van der Waals surface area contributed by atoms with Crippen molar-refractivity contribution in [3.63, 3.8) is 0 Å². The summed E-state index contributed by atoms with van der Waals surface area (Å²) in [4.78, 5) is 0. The molecule has 0 bridgehead atoms. The molecule has 1 aromatic carbocycles. The number of aryl methyl sites for hydroxylation is 1. The molecule has 16 heavy (non-hydrogen) atoms. The molecule has 0 unspecified atom stereocenters. The van der Waals surface area contributed by atoms with Crippen molar-refractivity contribution in [1.82, 2.24) is 5.32 Å². The van der Waals surface area contributed by atoms with Crippen molar-refractivity contribution in [3.8, 4) is 0 Å². The van der Waals surface area contributed by atoms with Gasteiger partial charge in [0.1, 0.15) is 5.82 Å². The largest absolute Gasteiger partial charge is 0.382 e. The first kappa shape index (κ1) is 11.9. The number of nitrogens with one attached hydrogen (secondary N) is 2. The molecule has 0 atom stereocenters. The molecule has 1 heterocycles. The highest BCUT2D eigenvalue weighted by atomic mass is 79.9. The van der Waals surface area contributed by atoms with Crippen LogP contribution in [0.2, 0.25) is 0 Å². The number of halogens is 2. The van der Waals surface area contributed by atoms with Crippen molar-refractivity contribution in [3.05, 3.63) is 28.0 Å². The lowest BCUT2D eigenvalue weighted by Crippen LogP contribution is -2.35. The van der Waals surface area contributed by atoms with E-state index in [9.17, 15) is 4.39 Å². The molecule has 1 saturated heterocycles. The number of hydrogen-bond acceptors (Lipinski definition) is 2. The highest BCUT2D eigenvalue weighted by molar-refractivity contribution is 9.10. The molecule has 1 fully saturated rings. The molecule has 1 aliphatic rings. The van der Waals surface area contributed by atoms with Crippen LogP contribution >= 0.6 is 15.9 Å². The van der Waals surface area contributed by atoms with E-state index in [4.69, 9.17) is 0 Å².